The fourth-order valence-corrected chi connectivity index (χ4v) is 1.75. The van der Waals surface area contributed by atoms with E-state index in [-0.39, 0.29) is 0 Å². The molecule has 94 valence electrons. The Morgan fingerprint density at radius 3 is 2.83 bits per heavy atom. The molecule has 1 N–H and O–H groups in total. The molecule has 0 spiro atoms. The molecule has 0 saturated carbocycles. The predicted octanol–water partition coefficient (Wildman–Crippen LogP) is 2.93. The number of para-hydroxylation sites is 1. The van der Waals surface area contributed by atoms with Gasteiger partial charge in [-0.15, -0.1) is 0 Å². The summed E-state index contributed by atoms with van der Waals surface area (Å²) in [5.74, 6) is 0. The molecule has 2 rings (SSSR count). The lowest BCUT2D eigenvalue weighted by atomic mass is 10.3. The number of rotatable bonds is 6. The smallest absolute Gasteiger partial charge is 0.0766 e. The van der Waals surface area contributed by atoms with E-state index in [2.05, 4.69) is 40.8 Å². The van der Waals surface area contributed by atoms with E-state index in [1.807, 2.05) is 36.0 Å². The lowest BCUT2D eigenvalue weighted by Crippen LogP contribution is -2.14. The van der Waals surface area contributed by atoms with Gasteiger partial charge in [-0.1, -0.05) is 30.4 Å². The van der Waals surface area contributed by atoms with Crippen LogP contribution in [0.1, 0.15) is 19.0 Å². The van der Waals surface area contributed by atoms with Gasteiger partial charge >= 0.3 is 0 Å². The molecular formula is C15H19N3. The second-order valence-electron chi connectivity index (χ2n) is 4.12. The van der Waals surface area contributed by atoms with Gasteiger partial charge < -0.3 is 5.32 Å². The molecule has 0 bridgehead atoms. The molecular weight excluding hydrogens is 222 g/mol. The van der Waals surface area contributed by atoms with Crippen LogP contribution >= 0.6 is 0 Å². The molecule has 18 heavy (non-hydrogen) atoms. The average Bonchev–Trinajstić information content (AvgIpc) is 2.88. The zero-order valence-electron chi connectivity index (χ0n) is 10.7. The van der Waals surface area contributed by atoms with Crippen LogP contribution in [0.4, 0.5) is 0 Å². The second-order valence-corrected chi connectivity index (χ2v) is 4.12. The highest BCUT2D eigenvalue weighted by Crippen LogP contribution is 2.06. The first-order valence-corrected chi connectivity index (χ1v) is 6.32. The molecule has 2 aromatic rings. The quantitative estimate of drug-likeness (QED) is 0.622. The van der Waals surface area contributed by atoms with Crippen LogP contribution < -0.4 is 5.32 Å². The zero-order chi connectivity index (χ0) is 12.6. The third kappa shape index (κ3) is 3.57. The highest BCUT2D eigenvalue weighted by molar-refractivity contribution is 5.30. The van der Waals surface area contributed by atoms with E-state index in [0.717, 1.165) is 30.9 Å². The van der Waals surface area contributed by atoms with Crippen molar-refractivity contribution in [2.45, 2.75) is 19.9 Å². The molecule has 0 radical (unpaired) electrons. The first-order chi connectivity index (χ1) is 8.90. The third-order valence-corrected chi connectivity index (χ3v) is 2.69. The summed E-state index contributed by atoms with van der Waals surface area (Å²) in [6.07, 6.45) is 7.30. The SMILES string of the molecule is C/C=C/CCNCc1ccn(-c2ccccc2)n1. The van der Waals surface area contributed by atoms with Crippen molar-refractivity contribution in [3.63, 3.8) is 0 Å². The Morgan fingerprint density at radius 1 is 1.22 bits per heavy atom. The van der Waals surface area contributed by atoms with E-state index >= 15 is 0 Å². The highest BCUT2D eigenvalue weighted by Gasteiger charge is 1.99. The fourth-order valence-electron chi connectivity index (χ4n) is 1.75. The average molecular weight is 241 g/mol. The summed E-state index contributed by atoms with van der Waals surface area (Å²) < 4.78 is 1.91. The monoisotopic (exact) mass is 241 g/mol. The molecule has 0 unspecified atom stereocenters. The van der Waals surface area contributed by atoms with Crippen molar-refractivity contribution in [1.82, 2.24) is 15.1 Å². The van der Waals surface area contributed by atoms with Gasteiger partial charge in [0.2, 0.25) is 0 Å². The molecule has 1 heterocycles. The molecule has 0 aliphatic rings. The summed E-state index contributed by atoms with van der Waals surface area (Å²) in [4.78, 5) is 0. The van der Waals surface area contributed by atoms with E-state index in [0.29, 0.717) is 0 Å². The number of benzene rings is 1. The summed E-state index contributed by atoms with van der Waals surface area (Å²) >= 11 is 0. The van der Waals surface area contributed by atoms with Gasteiger partial charge in [-0.05, 0) is 38.1 Å². The van der Waals surface area contributed by atoms with Crippen LogP contribution in [0.5, 0.6) is 0 Å². The molecule has 3 nitrogen and oxygen atoms in total. The van der Waals surface area contributed by atoms with Gasteiger partial charge in [0.15, 0.2) is 0 Å². The van der Waals surface area contributed by atoms with Crippen LogP contribution in [0.3, 0.4) is 0 Å². The van der Waals surface area contributed by atoms with Crippen LogP contribution in [0, 0.1) is 0 Å². The predicted molar refractivity (Wildman–Crippen MR) is 74.7 cm³/mol. The third-order valence-electron chi connectivity index (χ3n) is 2.69. The minimum atomic E-state index is 0.817. The van der Waals surface area contributed by atoms with Gasteiger partial charge in [0.05, 0.1) is 11.4 Å². The Bertz CT molecular complexity index is 485. The van der Waals surface area contributed by atoms with Crippen LogP contribution in [0.2, 0.25) is 0 Å². The number of nitrogens with zero attached hydrogens (tertiary/aromatic N) is 2. The lowest BCUT2D eigenvalue weighted by Gasteiger charge is -2.01. The zero-order valence-corrected chi connectivity index (χ0v) is 10.7. The Kier molecular flexibility index (Phi) is 4.73. The second kappa shape index (κ2) is 6.77. The summed E-state index contributed by atoms with van der Waals surface area (Å²) in [6, 6.07) is 12.2. The van der Waals surface area contributed by atoms with Crippen molar-refractivity contribution >= 4 is 0 Å². The lowest BCUT2D eigenvalue weighted by molar-refractivity contribution is 0.672. The first kappa shape index (κ1) is 12.6. The van der Waals surface area contributed by atoms with E-state index in [1.54, 1.807) is 0 Å². The fraction of sp³-hybridized carbons (Fsp3) is 0.267. The Hall–Kier alpha value is -1.87. The molecule has 0 aliphatic heterocycles. The molecule has 0 fully saturated rings. The van der Waals surface area contributed by atoms with Gasteiger partial charge in [0.1, 0.15) is 0 Å². The topological polar surface area (TPSA) is 29.9 Å². The van der Waals surface area contributed by atoms with Gasteiger partial charge in [0, 0.05) is 12.7 Å². The molecule has 3 heteroatoms. The van der Waals surface area contributed by atoms with Crippen LogP contribution in [-0.2, 0) is 6.54 Å². The summed E-state index contributed by atoms with van der Waals surface area (Å²) in [6.45, 7) is 3.85. The van der Waals surface area contributed by atoms with E-state index in [1.165, 1.54) is 0 Å². The largest absolute Gasteiger partial charge is 0.311 e. The maximum atomic E-state index is 4.53. The molecule has 0 aliphatic carbocycles. The molecule has 1 aromatic carbocycles. The molecule has 0 amide bonds. The normalized spacial score (nSPS) is 11.2. The van der Waals surface area contributed by atoms with Crippen LogP contribution in [0.25, 0.3) is 5.69 Å². The van der Waals surface area contributed by atoms with Crippen LogP contribution in [-0.4, -0.2) is 16.3 Å². The maximum absolute atomic E-state index is 4.53. The van der Waals surface area contributed by atoms with Gasteiger partial charge in [-0.2, -0.15) is 5.10 Å². The summed E-state index contributed by atoms with van der Waals surface area (Å²) in [5.41, 5.74) is 2.16. The van der Waals surface area contributed by atoms with E-state index < -0.39 is 0 Å². The van der Waals surface area contributed by atoms with Gasteiger partial charge in [-0.3, -0.25) is 0 Å². The first-order valence-electron chi connectivity index (χ1n) is 6.32. The van der Waals surface area contributed by atoms with Gasteiger partial charge in [-0.25, -0.2) is 4.68 Å². The minimum absolute atomic E-state index is 0.817. The van der Waals surface area contributed by atoms with Crippen molar-refractivity contribution in [1.29, 1.82) is 0 Å². The van der Waals surface area contributed by atoms with Crippen molar-refractivity contribution in [2.24, 2.45) is 0 Å². The van der Waals surface area contributed by atoms with Crippen molar-refractivity contribution in [2.75, 3.05) is 6.54 Å². The number of nitrogens with one attached hydrogen (secondary N) is 1. The van der Waals surface area contributed by atoms with Gasteiger partial charge in [0.25, 0.3) is 0 Å². The standard InChI is InChI=1S/C15H19N3/c1-2-3-7-11-16-13-14-10-12-18(17-14)15-8-5-4-6-9-15/h2-6,8-10,12,16H,7,11,13H2,1H3/b3-2+. The number of allylic oxidation sites excluding steroid dienone is 1. The van der Waals surface area contributed by atoms with Crippen molar-refractivity contribution in [3.8, 4) is 5.69 Å². The number of aromatic nitrogens is 2. The number of hydrogen-bond donors (Lipinski definition) is 1. The Balaban J connectivity index is 1.87. The number of hydrogen-bond acceptors (Lipinski definition) is 2. The van der Waals surface area contributed by atoms with Crippen molar-refractivity contribution in [3.05, 3.63) is 60.4 Å². The van der Waals surface area contributed by atoms with Crippen LogP contribution in [0.15, 0.2) is 54.7 Å². The summed E-state index contributed by atoms with van der Waals surface area (Å²) in [5, 5.41) is 7.91. The molecule has 0 saturated heterocycles. The van der Waals surface area contributed by atoms with E-state index in [9.17, 15) is 0 Å². The minimum Gasteiger partial charge on any atom is -0.311 e. The Morgan fingerprint density at radius 2 is 2.06 bits per heavy atom. The van der Waals surface area contributed by atoms with Crippen molar-refractivity contribution < 1.29 is 0 Å². The maximum Gasteiger partial charge on any atom is 0.0766 e. The van der Waals surface area contributed by atoms with E-state index in [4.69, 9.17) is 0 Å². The highest BCUT2D eigenvalue weighted by atomic mass is 15.3. The summed E-state index contributed by atoms with van der Waals surface area (Å²) in [7, 11) is 0. The molecule has 0 atom stereocenters. The Labute approximate surface area is 108 Å². The molecule has 1 aromatic heterocycles.